The zero-order valence-electron chi connectivity index (χ0n) is 13.1. The standard InChI is InChI=1S/C17H28N2O/c1-14-7-9-19(10-8-14)17(2,13-18)12-15-5-4-6-16(11-15)20-3/h4-6,11,14H,7-10,12-13,18H2,1-3H3. The van der Waals surface area contributed by atoms with Crippen molar-refractivity contribution < 1.29 is 4.74 Å². The largest absolute Gasteiger partial charge is 0.497 e. The number of likely N-dealkylation sites (tertiary alicyclic amines) is 1. The molecular weight excluding hydrogens is 248 g/mol. The van der Waals surface area contributed by atoms with Crippen LogP contribution in [0.5, 0.6) is 5.75 Å². The molecule has 20 heavy (non-hydrogen) atoms. The van der Waals surface area contributed by atoms with Crippen molar-refractivity contribution in [2.45, 2.75) is 38.6 Å². The van der Waals surface area contributed by atoms with Gasteiger partial charge in [-0.3, -0.25) is 4.90 Å². The second kappa shape index (κ2) is 6.59. The molecule has 0 radical (unpaired) electrons. The van der Waals surface area contributed by atoms with Gasteiger partial charge in [-0.1, -0.05) is 19.1 Å². The molecule has 0 spiro atoms. The van der Waals surface area contributed by atoms with E-state index in [0.717, 1.165) is 18.1 Å². The number of methoxy groups -OCH3 is 1. The minimum Gasteiger partial charge on any atom is -0.497 e. The van der Waals surface area contributed by atoms with Gasteiger partial charge in [-0.05, 0) is 62.9 Å². The first-order valence-electron chi connectivity index (χ1n) is 7.65. The summed E-state index contributed by atoms with van der Waals surface area (Å²) in [4.78, 5) is 2.58. The fraction of sp³-hybridized carbons (Fsp3) is 0.647. The summed E-state index contributed by atoms with van der Waals surface area (Å²) in [5.41, 5.74) is 7.47. The molecule has 1 atom stereocenters. The van der Waals surface area contributed by atoms with Gasteiger partial charge in [0, 0.05) is 12.1 Å². The smallest absolute Gasteiger partial charge is 0.119 e. The molecule has 1 aromatic rings. The number of benzene rings is 1. The van der Waals surface area contributed by atoms with Gasteiger partial charge in [0.2, 0.25) is 0 Å². The minimum atomic E-state index is 0.0481. The Morgan fingerprint density at radius 1 is 1.35 bits per heavy atom. The third-order valence-corrected chi connectivity index (χ3v) is 4.71. The third kappa shape index (κ3) is 3.53. The first-order chi connectivity index (χ1) is 9.57. The van der Waals surface area contributed by atoms with E-state index >= 15 is 0 Å². The van der Waals surface area contributed by atoms with Crippen molar-refractivity contribution in [2.24, 2.45) is 11.7 Å². The SMILES string of the molecule is COc1cccc(CC(C)(CN)N2CCC(C)CC2)c1. The molecule has 2 rings (SSSR count). The second-order valence-corrected chi connectivity index (χ2v) is 6.40. The summed E-state index contributed by atoms with van der Waals surface area (Å²) in [6.45, 7) is 7.66. The molecule has 3 nitrogen and oxygen atoms in total. The van der Waals surface area contributed by atoms with Gasteiger partial charge in [-0.15, -0.1) is 0 Å². The maximum atomic E-state index is 6.12. The first kappa shape index (κ1) is 15.3. The van der Waals surface area contributed by atoms with Crippen LogP contribution in [0.2, 0.25) is 0 Å². The van der Waals surface area contributed by atoms with Gasteiger partial charge >= 0.3 is 0 Å². The van der Waals surface area contributed by atoms with E-state index in [2.05, 4.69) is 36.9 Å². The highest BCUT2D eigenvalue weighted by atomic mass is 16.5. The quantitative estimate of drug-likeness (QED) is 0.898. The fourth-order valence-corrected chi connectivity index (χ4v) is 3.08. The summed E-state index contributed by atoms with van der Waals surface area (Å²) in [5.74, 6) is 1.78. The number of rotatable bonds is 5. The average Bonchev–Trinajstić information content (AvgIpc) is 2.48. The predicted octanol–water partition coefficient (Wildman–Crippen LogP) is 2.69. The lowest BCUT2D eigenvalue weighted by molar-refractivity contribution is 0.0708. The summed E-state index contributed by atoms with van der Waals surface area (Å²) >= 11 is 0. The van der Waals surface area contributed by atoms with E-state index in [1.165, 1.54) is 31.5 Å². The Morgan fingerprint density at radius 2 is 2.05 bits per heavy atom. The summed E-state index contributed by atoms with van der Waals surface area (Å²) < 4.78 is 5.32. The highest BCUT2D eigenvalue weighted by Gasteiger charge is 2.32. The molecule has 0 aliphatic carbocycles. The van der Waals surface area contributed by atoms with Crippen LogP contribution in [-0.2, 0) is 6.42 Å². The monoisotopic (exact) mass is 276 g/mol. The normalized spacial score (nSPS) is 20.6. The molecule has 1 aliphatic heterocycles. The van der Waals surface area contributed by atoms with E-state index in [4.69, 9.17) is 10.5 Å². The molecule has 3 heteroatoms. The van der Waals surface area contributed by atoms with Crippen LogP contribution in [0.25, 0.3) is 0 Å². The Morgan fingerprint density at radius 3 is 2.65 bits per heavy atom. The lowest BCUT2D eigenvalue weighted by Crippen LogP contribution is -2.55. The van der Waals surface area contributed by atoms with Crippen LogP contribution in [0, 0.1) is 5.92 Å². The minimum absolute atomic E-state index is 0.0481. The van der Waals surface area contributed by atoms with Gasteiger partial charge in [0.1, 0.15) is 5.75 Å². The van der Waals surface area contributed by atoms with Gasteiger partial charge in [0.15, 0.2) is 0 Å². The van der Waals surface area contributed by atoms with Crippen molar-refractivity contribution >= 4 is 0 Å². The molecule has 0 aromatic heterocycles. The molecule has 1 saturated heterocycles. The summed E-state index contributed by atoms with van der Waals surface area (Å²) in [5, 5.41) is 0. The highest BCUT2D eigenvalue weighted by molar-refractivity contribution is 5.29. The van der Waals surface area contributed by atoms with E-state index in [0.29, 0.717) is 6.54 Å². The number of nitrogens with zero attached hydrogens (tertiary/aromatic N) is 1. The molecule has 1 fully saturated rings. The van der Waals surface area contributed by atoms with Gasteiger partial charge in [-0.2, -0.15) is 0 Å². The van der Waals surface area contributed by atoms with Crippen molar-refractivity contribution in [3.63, 3.8) is 0 Å². The van der Waals surface area contributed by atoms with Crippen LogP contribution in [0.3, 0.4) is 0 Å². The van der Waals surface area contributed by atoms with Crippen LogP contribution in [0.4, 0.5) is 0 Å². The predicted molar refractivity (Wildman–Crippen MR) is 84.1 cm³/mol. The van der Waals surface area contributed by atoms with E-state index in [-0.39, 0.29) is 5.54 Å². The maximum Gasteiger partial charge on any atom is 0.119 e. The molecule has 1 aromatic carbocycles. The number of ether oxygens (including phenoxy) is 1. The average molecular weight is 276 g/mol. The van der Waals surface area contributed by atoms with Crippen LogP contribution < -0.4 is 10.5 Å². The van der Waals surface area contributed by atoms with Crippen molar-refractivity contribution in [3.8, 4) is 5.75 Å². The van der Waals surface area contributed by atoms with Crippen molar-refractivity contribution in [3.05, 3.63) is 29.8 Å². The Balaban J connectivity index is 2.09. The third-order valence-electron chi connectivity index (χ3n) is 4.71. The molecule has 112 valence electrons. The molecule has 0 saturated carbocycles. The highest BCUT2D eigenvalue weighted by Crippen LogP contribution is 2.27. The zero-order valence-corrected chi connectivity index (χ0v) is 13.1. The van der Waals surface area contributed by atoms with Crippen LogP contribution in [0.1, 0.15) is 32.3 Å². The number of nitrogens with two attached hydrogens (primary N) is 1. The van der Waals surface area contributed by atoms with Gasteiger partial charge < -0.3 is 10.5 Å². The van der Waals surface area contributed by atoms with Gasteiger partial charge in [0.05, 0.1) is 7.11 Å². The number of piperidine rings is 1. The van der Waals surface area contributed by atoms with Crippen LogP contribution >= 0.6 is 0 Å². The second-order valence-electron chi connectivity index (χ2n) is 6.40. The zero-order chi connectivity index (χ0) is 14.6. The Hall–Kier alpha value is -1.06. The molecule has 0 amide bonds. The summed E-state index contributed by atoms with van der Waals surface area (Å²) in [7, 11) is 1.72. The number of hydrogen-bond acceptors (Lipinski definition) is 3. The lowest BCUT2D eigenvalue weighted by Gasteiger charge is -2.44. The Labute approximate surface area is 123 Å². The molecule has 1 heterocycles. The van der Waals surface area contributed by atoms with Crippen LogP contribution in [0.15, 0.2) is 24.3 Å². The molecule has 0 bridgehead atoms. The van der Waals surface area contributed by atoms with E-state index in [1.807, 2.05) is 6.07 Å². The van der Waals surface area contributed by atoms with E-state index in [1.54, 1.807) is 7.11 Å². The Kier molecular flexibility index (Phi) is 5.06. The number of hydrogen-bond donors (Lipinski definition) is 1. The maximum absolute atomic E-state index is 6.12. The fourth-order valence-electron chi connectivity index (χ4n) is 3.08. The topological polar surface area (TPSA) is 38.5 Å². The molecule has 2 N–H and O–H groups in total. The van der Waals surface area contributed by atoms with Crippen molar-refractivity contribution in [1.29, 1.82) is 0 Å². The molecule has 1 unspecified atom stereocenters. The lowest BCUT2D eigenvalue weighted by atomic mass is 9.87. The van der Waals surface area contributed by atoms with Gasteiger partial charge in [0.25, 0.3) is 0 Å². The van der Waals surface area contributed by atoms with E-state index in [9.17, 15) is 0 Å². The van der Waals surface area contributed by atoms with Crippen LogP contribution in [-0.4, -0.2) is 37.2 Å². The summed E-state index contributed by atoms with van der Waals surface area (Å²) in [6, 6.07) is 8.35. The molecule has 1 aliphatic rings. The van der Waals surface area contributed by atoms with E-state index < -0.39 is 0 Å². The molecular formula is C17H28N2O. The van der Waals surface area contributed by atoms with Crippen molar-refractivity contribution in [2.75, 3.05) is 26.7 Å². The summed E-state index contributed by atoms with van der Waals surface area (Å²) in [6.07, 6.45) is 3.55. The van der Waals surface area contributed by atoms with Gasteiger partial charge in [-0.25, -0.2) is 0 Å². The van der Waals surface area contributed by atoms with Crippen molar-refractivity contribution in [1.82, 2.24) is 4.90 Å². The Bertz CT molecular complexity index is 427. The first-order valence-corrected chi connectivity index (χ1v) is 7.65.